The minimum atomic E-state index is -3.80. The molecule has 1 aromatic rings. The van der Waals surface area contributed by atoms with Gasteiger partial charge in [-0.15, -0.1) is 0 Å². The van der Waals surface area contributed by atoms with Crippen molar-refractivity contribution >= 4 is 32.0 Å². The van der Waals surface area contributed by atoms with E-state index < -0.39 is 20.5 Å². The first-order valence-electron chi connectivity index (χ1n) is 6.35. The van der Waals surface area contributed by atoms with Crippen LogP contribution >= 0.6 is 11.3 Å². The number of hydrogen-bond donors (Lipinski definition) is 2. The summed E-state index contributed by atoms with van der Waals surface area (Å²) in [4.78, 5) is 10.3. The van der Waals surface area contributed by atoms with E-state index in [1.165, 1.54) is 7.05 Å². The lowest BCUT2D eigenvalue weighted by molar-refractivity contribution is -0.383. The summed E-state index contributed by atoms with van der Waals surface area (Å²) in [6, 6.07) is 1.08. The summed E-state index contributed by atoms with van der Waals surface area (Å²) in [5, 5.41) is 13.8. The molecule has 1 aliphatic rings. The van der Waals surface area contributed by atoms with Gasteiger partial charge in [0.25, 0.3) is 10.0 Å². The third kappa shape index (κ3) is 3.51. The number of rotatable bonds is 5. The smallest absolute Gasteiger partial charge is 0.304 e. The van der Waals surface area contributed by atoms with Crippen LogP contribution in [0, 0.1) is 10.1 Å². The van der Waals surface area contributed by atoms with Crippen LogP contribution in [0.15, 0.2) is 10.3 Å². The summed E-state index contributed by atoms with van der Waals surface area (Å²) in [7, 11) is -2.28. The van der Waals surface area contributed by atoms with Crippen LogP contribution < -0.4 is 10.0 Å². The van der Waals surface area contributed by atoms with E-state index in [1.807, 2.05) is 6.92 Å². The molecule has 0 spiro atoms. The molecular formula is C11H17N3O5S2. The van der Waals surface area contributed by atoms with Gasteiger partial charge in [0.2, 0.25) is 0 Å². The van der Waals surface area contributed by atoms with E-state index in [0.717, 1.165) is 17.4 Å². The van der Waals surface area contributed by atoms with Gasteiger partial charge in [-0.3, -0.25) is 10.1 Å². The van der Waals surface area contributed by atoms with E-state index in [9.17, 15) is 18.5 Å². The maximum Gasteiger partial charge on any atom is 0.304 e. The SMILES string of the molecule is CNc1sc(S(=O)(=O)NC2(C)CCOCC2)cc1[N+](=O)[O-]. The Morgan fingerprint density at radius 2 is 2.05 bits per heavy atom. The number of ether oxygens (including phenoxy) is 1. The van der Waals surface area contributed by atoms with Gasteiger partial charge in [-0.2, -0.15) is 0 Å². The lowest BCUT2D eigenvalue weighted by Crippen LogP contribution is -2.49. The first kappa shape index (κ1) is 16.1. The molecule has 0 aliphatic carbocycles. The van der Waals surface area contributed by atoms with Crippen molar-refractivity contribution in [1.29, 1.82) is 0 Å². The van der Waals surface area contributed by atoms with Crippen LogP contribution in [0.4, 0.5) is 10.7 Å². The third-order valence-electron chi connectivity index (χ3n) is 3.36. The predicted octanol–water partition coefficient (Wildman–Crippen LogP) is 1.55. The summed E-state index contributed by atoms with van der Waals surface area (Å²) < 4.78 is 32.6. The van der Waals surface area contributed by atoms with Gasteiger partial charge in [0.05, 0.1) is 4.92 Å². The van der Waals surface area contributed by atoms with Gasteiger partial charge < -0.3 is 10.1 Å². The second-order valence-electron chi connectivity index (χ2n) is 5.07. The second-order valence-corrected chi connectivity index (χ2v) is 8.03. The molecule has 118 valence electrons. The molecule has 21 heavy (non-hydrogen) atoms. The minimum Gasteiger partial charge on any atom is -0.381 e. The molecule has 1 aromatic heterocycles. The van der Waals surface area contributed by atoms with Crippen LogP contribution in [0.1, 0.15) is 19.8 Å². The van der Waals surface area contributed by atoms with Crippen molar-refractivity contribution in [1.82, 2.24) is 4.72 Å². The first-order chi connectivity index (χ1) is 9.77. The molecule has 2 rings (SSSR count). The summed E-state index contributed by atoms with van der Waals surface area (Å²) in [6.07, 6.45) is 1.14. The summed E-state index contributed by atoms with van der Waals surface area (Å²) in [6.45, 7) is 2.80. The van der Waals surface area contributed by atoms with Gasteiger partial charge >= 0.3 is 5.69 Å². The van der Waals surface area contributed by atoms with Crippen LogP contribution in [-0.2, 0) is 14.8 Å². The number of nitro groups is 1. The molecule has 1 saturated heterocycles. The second kappa shape index (κ2) is 5.87. The van der Waals surface area contributed by atoms with Gasteiger partial charge in [0, 0.05) is 31.9 Å². The molecule has 8 nitrogen and oxygen atoms in total. The van der Waals surface area contributed by atoms with E-state index in [1.54, 1.807) is 0 Å². The number of nitrogens with zero attached hydrogens (tertiary/aromatic N) is 1. The fourth-order valence-electron chi connectivity index (χ4n) is 2.11. The van der Waals surface area contributed by atoms with Crippen LogP contribution in [0.2, 0.25) is 0 Å². The maximum atomic E-state index is 12.4. The summed E-state index contributed by atoms with van der Waals surface area (Å²) in [5.74, 6) is 0. The molecule has 0 radical (unpaired) electrons. The molecule has 2 N–H and O–H groups in total. The highest BCUT2D eigenvalue weighted by molar-refractivity contribution is 7.91. The zero-order chi connectivity index (χ0) is 15.7. The molecule has 0 unspecified atom stereocenters. The van der Waals surface area contributed by atoms with Crippen molar-refractivity contribution < 1.29 is 18.1 Å². The molecule has 2 heterocycles. The Labute approximate surface area is 126 Å². The quantitative estimate of drug-likeness (QED) is 0.624. The fraction of sp³-hybridized carbons (Fsp3) is 0.636. The number of sulfonamides is 1. The summed E-state index contributed by atoms with van der Waals surface area (Å²) in [5.41, 5.74) is -0.824. The highest BCUT2D eigenvalue weighted by Gasteiger charge is 2.34. The van der Waals surface area contributed by atoms with Crippen molar-refractivity contribution in [2.45, 2.75) is 29.5 Å². The highest BCUT2D eigenvalue weighted by Crippen LogP contribution is 2.37. The minimum absolute atomic E-state index is 0.0636. The molecule has 0 amide bonds. The topological polar surface area (TPSA) is 111 Å². The summed E-state index contributed by atoms with van der Waals surface area (Å²) >= 11 is 0.848. The molecule has 1 aliphatic heterocycles. The molecule has 0 saturated carbocycles. The van der Waals surface area contributed by atoms with Gasteiger partial charge in [-0.05, 0) is 19.8 Å². The van der Waals surface area contributed by atoms with Crippen molar-refractivity contribution in [3.05, 3.63) is 16.2 Å². The van der Waals surface area contributed by atoms with E-state index in [-0.39, 0.29) is 14.9 Å². The van der Waals surface area contributed by atoms with E-state index in [2.05, 4.69) is 10.0 Å². The Morgan fingerprint density at radius 3 is 2.52 bits per heavy atom. The number of anilines is 1. The van der Waals surface area contributed by atoms with E-state index in [0.29, 0.717) is 26.1 Å². The molecule has 0 atom stereocenters. The van der Waals surface area contributed by atoms with Crippen molar-refractivity contribution in [3.8, 4) is 0 Å². The average Bonchev–Trinajstić information content (AvgIpc) is 2.83. The van der Waals surface area contributed by atoms with E-state index >= 15 is 0 Å². The first-order valence-corrected chi connectivity index (χ1v) is 8.65. The number of nitrogens with one attached hydrogen (secondary N) is 2. The Bertz CT molecular complexity index is 634. The van der Waals surface area contributed by atoms with Gasteiger partial charge in [-0.1, -0.05) is 11.3 Å². The molecule has 0 bridgehead atoms. The monoisotopic (exact) mass is 335 g/mol. The zero-order valence-corrected chi connectivity index (χ0v) is 13.3. The highest BCUT2D eigenvalue weighted by atomic mass is 32.2. The van der Waals surface area contributed by atoms with Gasteiger partial charge in [-0.25, -0.2) is 13.1 Å². The molecule has 1 fully saturated rings. The molecule has 0 aromatic carbocycles. The Kier molecular flexibility index (Phi) is 4.51. The van der Waals surface area contributed by atoms with Crippen molar-refractivity contribution in [2.75, 3.05) is 25.6 Å². The average molecular weight is 335 g/mol. The largest absolute Gasteiger partial charge is 0.381 e. The number of hydrogen-bond acceptors (Lipinski definition) is 7. The van der Waals surface area contributed by atoms with Crippen LogP contribution in [0.25, 0.3) is 0 Å². The lowest BCUT2D eigenvalue weighted by atomic mass is 9.94. The predicted molar refractivity (Wildman–Crippen MR) is 79.3 cm³/mol. The standard InChI is InChI=1S/C11H17N3O5S2/c1-11(3-5-19-6-4-11)13-21(17,18)9-7-8(14(15)16)10(12-2)20-9/h7,12-13H,3-6H2,1-2H3. The van der Waals surface area contributed by atoms with Gasteiger partial charge in [0.15, 0.2) is 5.00 Å². The molecule has 10 heteroatoms. The Hall–Kier alpha value is -1.23. The molecular weight excluding hydrogens is 318 g/mol. The fourth-order valence-corrected chi connectivity index (χ4v) is 4.85. The Morgan fingerprint density at radius 1 is 1.43 bits per heavy atom. The van der Waals surface area contributed by atoms with Crippen LogP contribution in [0.5, 0.6) is 0 Å². The van der Waals surface area contributed by atoms with Crippen LogP contribution in [-0.4, -0.2) is 39.1 Å². The maximum absolute atomic E-state index is 12.4. The zero-order valence-electron chi connectivity index (χ0n) is 11.7. The Balaban J connectivity index is 2.29. The number of thiophene rings is 1. The lowest BCUT2D eigenvalue weighted by Gasteiger charge is -2.33. The van der Waals surface area contributed by atoms with E-state index in [4.69, 9.17) is 4.74 Å². The normalized spacial score (nSPS) is 18.4. The van der Waals surface area contributed by atoms with Gasteiger partial charge in [0.1, 0.15) is 4.21 Å². The third-order valence-corrected chi connectivity index (χ3v) is 6.61. The van der Waals surface area contributed by atoms with Crippen LogP contribution in [0.3, 0.4) is 0 Å². The van der Waals surface area contributed by atoms with Crippen molar-refractivity contribution in [3.63, 3.8) is 0 Å². The van der Waals surface area contributed by atoms with Crippen molar-refractivity contribution in [2.24, 2.45) is 0 Å².